The number of carbonyl (C=O) groups is 3. The summed E-state index contributed by atoms with van der Waals surface area (Å²) >= 11 is 0. The van der Waals surface area contributed by atoms with E-state index >= 15 is 0 Å². The highest BCUT2D eigenvalue weighted by Gasteiger charge is 2.19. The van der Waals surface area contributed by atoms with Gasteiger partial charge in [-0.05, 0) is 6.42 Å². The number of carboxylic acids is 2. The number of carboxylic acid groups (broad SMARTS) is 2. The Kier molecular flexibility index (Phi) is 7.60. The van der Waals surface area contributed by atoms with Crippen molar-refractivity contribution >= 4 is 27.7 Å². The maximum atomic E-state index is 11.7. The average Bonchev–Trinajstić information content (AvgIpc) is 2.31. The normalized spacial score (nSPS) is 14.6. The van der Waals surface area contributed by atoms with Crippen LogP contribution in [-0.2, 0) is 24.2 Å². The van der Waals surface area contributed by atoms with Crippen molar-refractivity contribution in [3.63, 3.8) is 0 Å². The van der Waals surface area contributed by atoms with E-state index in [1.165, 1.54) is 0 Å². The van der Waals surface area contributed by atoms with E-state index in [-0.39, 0.29) is 12.8 Å². The Balaban J connectivity index is 4.72. The summed E-state index contributed by atoms with van der Waals surface area (Å²) in [7, 11) is -3.47. The third-order valence-corrected chi connectivity index (χ3v) is 2.94. The molecule has 9 nitrogen and oxygen atoms in total. The van der Waals surface area contributed by atoms with Crippen molar-refractivity contribution in [2.75, 3.05) is 6.26 Å². The van der Waals surface area contributed by atoms with Crippen LogP contribution in [0.2, 0.25) is 0 Å². The van der Waals surface area contributed by atoms with Gasteiger partial charge in [0.1, 0.15) is 0 Å². The van der Waals surface area contributed by atoms with Crippen molar-refractivity contribution in [2.24, 2.45) is 5.73 Å². The van der Waals surface area contributed by atoms with Crippen LogP contribution >= 0.6 is 0 Å². The quantitative estimate of drug-likeness (QED) is 0.406. The summed E-state index contributed by atoms with van der Waals surface area (Å²) in [6, 6.07) is -2.18. The Hall–Kier alpha value is -1.94. The summed E-state index contributed by atoms with van der Waals surface area (Å²) in [5.41, 5.74) is 5.46. The zero-order chi connectivity index (χ0) is 16.6. The van der Waals surface area contributed by atoms with E-state index in [0.29, 0.717) is 0 Å². The molecule has 0 radical (unpaired) electrons. The zero-order valence-electron chi connectivity index (χ0n) is 11.4. The van der Waals surface area contributed by atoms with Gasteiger partial charge in [-0.25, -0.2) is 8.42 Å². The number of rotatable bonds is 9. The summed E-state index contributed by atoms with van der Waals surface area (Å²) < 4.78 is 22.0. The molecule has 5 N–H and O–H groups in total. The van der Waals surface area contributed by atoms with Gasteiger partial charge in [-0.3, -0.25) is 14.4 Å². The molecule has 0 aliphatic rings. The number of aliphatic carboxylic acids is 2. The molecular weight excluding hydrogens is 304 g/mol. The lowest BCUT2D eigenvalue weighted by Crippen LogP contribution is -2.45. The van der Waals surface area contributed by atoms with Crippen LogP contribution in [0.1, 0.15) is 19.3 Å². The topological polar surface area (TPSA) is 164 Å². The molecule has 0 spiro atoms. The van der Waals surface area contributed by atoms with Gasteiger partial charge in [-0.15, -0.1) is 0 Å². The highest BCUT2D eigenvalue weighted by Crippen LogP contribution is 2.01. The summed E-state index contributed by atoms with van der Waals surface area (Å²) in [6.07, 6.45) is 1.00. The number of hydrogen-bond donors (Lipinski definition) is 4. The molecule has 0 aromatic heterocycles. The monoisotopic (exact) mass is 322 g/mol. The molecule has 0 unspecified atom stereocenters. The van der Waals surface area contributed by atoms with Crippen LogP contribution < -0.4 is 11.1 Å². The lowest BCUT2D eigenvalue weighted by atomic mass is 10.1. The van der Waals surface area contributed by atoms with Gasteiger partial charge < -0.3 is 21.3 Å². The summed E-state index contributed by atoms with van der Waals surface area (Å²) in [6.45, 7) is 0. The van der Waals surface area contributed by atoms with Gasteiger partial charge in [0.05, 0.1) is 18.5 Å². The Morgan fingerprint density at radius 2 is 1.81 bits per heavy atom. The Bertz CT molecular complexity index is 527. The van der Waals surface area contributed by atoms with Gasteiger partial charge in [0.2, 0.25) is 5.91 Å². The van der Waals surface area contributed by atoms with Gasteiger partial charge in [-0.2, -0.15) is 0 Å². The van der Waals surface area contributed by atoms with Gasteiger partial charge in [0.25, 0.3) is 0 Å². The molecule has 0 aromatic rings. The predicted molar refractivity (Wildman–Crippen MR) is 73.0 cm³/mol. The van der Waals surface area contributed by atoms with Crippen LogP contribution in [0.5, 0.6) is 0 Å². The molecule has 21 heavy (non-hydrogen) atoms. The first kappa shape index (κ1) is 19.1. The van der Waals surface area contributed by atoms with Gasteiger partial charge in [0.15, 0.2) is 9.84 Å². The van der Waals surface area contributed by atoms with Crippen LogP contribution in [0.15, 0.2) is 11.5 Å². The Labute approximate surface area is 121 Å². The van der Waals surface area contributed by atoms with Crippen LogP contribution in [0.4, 0.5) is 0 Å². The first-order valence-corrected chi connectivity index (χ1v) is 7.84. The summed E-state index contributed by atoms with van der Waals surface area (Å²) in [5, 5.41) is 20.2. The SMILES string of the molecule is CS(=O)(=O)C=C[C@H](CC(=O)O)NC(=O)[C@@H](N)CCC(=O)O. The molecule has 10 heteroatoms. The number of hydrogen-bond acceptors (Lipinski definition) is 6. The second-order valence-electron chi connectivity index (χ2n) is 4.41. The van der Waals surface area contributed by atoms with E-state index in [0.717, 1.165) is 17.7 Å². The number of sulfone groups is 1. The van der Waals surface area contributed by atoms with Gasteiger partial charge in [0, 0.05) is 18.1 Å². The molecule has 2 atom stereocenters. The average molecular weight is 322 g/mol. The van der Waals surface area contributed by atoms with E-state index in [1.807, 2.05) is 0 Å². The first-order valence-electron chi connectivity index (χ1n) is 5.89. The third-order valence-electron chi connectivity index (χ3n) is 2.29. The molecule has 0 aromatic carbocycles. The van der Waals surface area contributed by atoms with E-state index in [9.17, 15) is 22.8 Å². The first-order chi connectivity index (χ1) is 9.51. The fraction of sp³-hybridized carbons (Fsp3) is 0.545. The van der Waals surface area contributed by atoms with Gasteiger partial charge >= 0.3 is 11.9 Å². The molecule has 0 bridgehead atoms. The molecule has 0 heterocycles. The van der Waals surface area contributed by atoms with Crippen molar-refractivity contribution in [3.8, 4) is 0 Å². The molecule has 0 aliphatic carbocycles. The Morgan fingerprint density at radius 3 is 2.24 bits per heavy atom. The van der Waals surface area contributed by atoms with E-state index in [2.05, 4.69) is 5.32 Å². The molecule has 120 valence electrons. The largest absolute Gasteiger partial charge is 0.481 e. The summed E-state index contributed by atoms with van der Waals surface area (Å²) in [4.78, 5) is 32.7. The standard InChI is InChI=1S/C11H18N2O7S/c1-21(19,20)5-4-7(6-10(16)17)13-11(18)8(12)2-3-9(14)15/h4-5,7-8H,2-3,6,12H2,1H3,(H,13,18)(H,14,15)(H,16,17)/t7-,8+/m1/s1. The third kappa shape index (κ3) is 10.5. The van der Waals surface area contributed by atoms with Crippen molar-refractivity contribution < 1.29 is 33.0 Å². The predicted octanol–water partition coefficient (Wildman–Crippen LogP) is -1.30. The Morgan fingerprint density at radius 1 is 1.24 bits per heavy atom. The zero-order valence-corrected chi connectivity index (χ0v) is 12.2. The second kappa shape index (κ2) is 8.37. The van der Waals surface area contributed by atoms with E-state index in [1.54, 1.807) is 0 Å². The highest BCUT2D eigenvalue weighted by atomic mass is 32.2. The fourth-order valence-electron chi connectivity index (χ4n) is 1.29. The molecule has 0 saturated heterocycles. The number of nitrogens with one attached hydrogen (secondary N) is 1. The second-order valence-corrected chi connectivity index (χ2v) is 6.34. The molecule has 0 aliphatic heterocycles. The number of amides is 1. The molecular formula is C11H18N2O7S. The molecule has 0 rings (SSSR count). The van der Waals surface area contributed by atoms with Gasteiger partial charge in [-0.1, -0.05) is 6.08 Å². The van der Waals surface area contributed by atoms with Crippen LogP contribution in [0.3, 0.4) is 0 Å². The van der Waals surface area contributed by atoms with Crippen molar-refractivity contribution in [1.82, 2.24) is 5.32 Å². The van der Waals surface area contributed by atoms with Crippen LogP contribution in [-0.4, -0.2) is 54.8 Å². The lowest BCUT2D eigenvalue weighted by molar-refractivity contribution is -0.138. The number of nitrogens with two attached hydrogens (primary N) is 1. The van der Waals surface area contributed by atoms with E-state index in [4.69, 9.17) is 15.9 Å². The number of carbonyl (C=O) groups excluding carboxylic acids is 1. The van der Waals surface area contributed by atoms with Crippen molar-refractivity contribution in [1.29, 1.82) is 0 Å². The minimum absolute atomic E-state index is 0.114. The molecule has 0 fully saturated rings. The summed E-state index contributed by atoms with van der Waals surface area (Å²) in [5.74, 6) is -3.10. The fourth-order valence-corrected chi connectivity index (χ4v) is 1.77. The molecule has 0 saturated carbocycles. The maximum Gasteiger partial charge on any atom is 0.305 e. The van der Waals surface area contributed by atoms with Crippen molar-refractivity contribution in [2.45, 2.75) is 31.3 Å². The minimum Gasteiger partial charge on any atom is -0.481 e. The van der Waals surface area contributed by atoms with E-state index < -0.39 is 46.2 Å². The smallest absolute Gasteiger partial charge is 0.305 e. The molecule has 1 amide bonds. The maximum absolute atomic E-state index is 11.7. The minimum atomic E-state index is -3.47. The van der Waals surface area contributed by atoms with Crippen LogP contribution in [0, 0.1) is 0 Å². The van der Waals surface area contributed by atoms with Crippen molar-refractivity contribution in [3.05, 3.63) is 11.5 Å². The van der Waals surface area contributed by atoms with Crippen LogP contribution in [0.25, 0.3) is 0 Å². The highest BCUT2D eigenvalue weighted by molar-refractivity contribution is 7.93. The lowest BCUT2D eigenvalue weighted by Gasteiger charge is -2.16.